The molecule has 1 amide bonds. The Morgan fingerprint density at radius 2 is 2.15 bits per heavy atom. The summed E-state index contributed by atoms with van der Waals surface area (Å²) in [5, 5.41) is 3.35. The van der Waals surface area contributed by atoms with Crippen molar-refractivity contribution in [2.45, 2.75) is 6.42 Å². The number of amides is 1. The smallest absolute Gasteiger partial charge is 0.256 e. The van der Waals surface area contributed by atoms with Crippen LogP contribution in [0.3, 0.4) is 0 Å². The molecule has 2 rings (SSSR count). The third kappa shape index (κ3) is 3.23. The first-order chi connectivity index (χ1) is 9.63. The summed E-state index contributed by atoms with van der Waals surface area (Å²) in [5.41, 5.74) is 0.983. The maximum atomic E-state index is 12.1. The van der Waals surface area contributed by atoms with E-state index in [9.17, 15) is 4.79 Å². The Morgan fingerprint density at radius 1 is 1.40 bits per heavy atom. The van der Waals surface area contributed by atoms with E-state index < -0.39 is 0 Å². The number of nitrogens with one attached hydrogen (secondary N) is 1. The summed E-state index contributed by atoms with van der Waals surface area (Å²) in [6.45, 7) is 0.400. The van der Waals surface area contributed by atoms with E-state index in [0.29, 0.717) is 18.0 Å². The van der Waals surface area contributed by atoms with Crippen molar-refractivity contribution in [2.75, 3.05) is 13.7 Å². The normalized spacial score (nSPS) is 10.3. The lowest BCUT2D eigenvalue weighted by Gasteiger charge is -2.12. The average molecular weight is 315 g/mol. The molecule has 0 aliphatic carbocycles. The molecule has 1 N–H and O–H groups in total. The van der Waals surface area contributed by atoms with Crippen LogP contribution in [0, 0.1) is 0 Å². The second kappa shape index (κ2) is 6.63. The number of oxazole rings is 1. The molecule has 1 aromatic carbocycles. The van der Waals surface area contributed by atoms with Gasteiger partial charge in [0.25, 0.3) is 5.91 Å². The number of ether oxygens (including phenoxy) is 1. The second-order valence-corrected chi connectivity index (χ2v) is 4.74. The fourth-order valence-corrected chi connectivity index (χ4v) is 2.17. The largest absolute Gasteiger partial charge is 0.494 e. The predicted octanol–water partition coefficient (Wildman–Crippen LogP) is 2.96. The fraction of sp³-hybridized carbons (Fsp3) is 0.231. The Balaban J connectivity index is 2.07. The van der Waals surface area contributed by atoms with Gasteiger partial charge in [-0.3, -0.25) is 4.79 Å². The van der Waals surface area contributed by atoms with Crippen LogP contribution in [0.5, 0.6) is 5.75 Å². The highest BCUT2D eigenvalue weighted by Crippen LogP contribution is 2.33. The third-order valence-electron chi connectivity index (χ3n) is 2.64. The van der Waals surface area contributed by atoms with Crippen molar-refractivity contribution >= 4 is 29.1 Å². The van der Waals surface area contributed by atoms with Gasteiger partial charge in [-0.1, -0.05) is 23.2 Å². The SMILES string of the molecule is COc1c(Cl)ccc(Cl)c1C(=O)NCCc1cocn1. The zero-order valence-corrected chi connectivity index (χ0v) is 12.2. The van der Waals surface area contributed by atoms with Gasteiger partial charge in [0.2, 0.25) is 0 Å². The first-order valence-electron chi connectivity index (χ1n) is 5.80. The highest BCUT2D eigenvalue weighted by molar-refractivity contribution is 6.37. The van der Waals surface area contributed by atoms with Crippen LogP contribution in [0.15, 0.2) is 29.2 Å². The van der Waals surface area contributed by atoms with E-state index in [-0.39, 0.29) is 22.2 Å². The molecule has 1 aromatic heterocycles. The molecule has 0 saturated heterocycles. The topological polar surface area (TPSA) is 64.4 Å². The summed E-state index contributed by atoms with van der Waals surface area (Å²) in [7, 11) is 1.43. The van der Waals surface area contributed by atoms with Crippen LogP contribution in [0.4, 0.5) is 0 Å². The monoisotopic (exact) mass is 314 g/mol. The number of carbonyl (C=O) groups excluding carboxylic acids is 1. The van der Waals surface area contributed by atoms with Gasteiger partial charge >= 0.3 is 0 Å². The summed E-state index contributed by atoms with van der Waals surface area (Å²) in [5.74, 6) is -0.0871. The van der Waals surface area contributed by atoms with Crippen molar-refractivity contribution < 1.29 is 13.9 Å². The van der Waals surface area contributed by atoms with Gasteiger partial charge in [0.1, 0.15) is 11.8 Å². The van der Waals surface area contributed by atoms with Crippen LogP contribution in [0.1, 0.15) is 16.1 Å². The highest BCUT2D eigenvalue weighted by atomic mass is 35.5. The van der Waals surface area contributed by atoms with Crippen molar-refractivity contribution in [3.8, 4) is 5.75 Å². The first kappa shape index (κ1) is 14.7. The minimum absolute atomic E-state index is 0.224. The van der Waals surface area contributed by atoms with Crippen LogP contribution in [-0.4, -0.2) is 24.5 Å². The third-order valence-corrected chi connectivity index (χ3v) is 3.25. The van der Waals surface area contributed by atoms with Crippen molar-refractivity contribution in [3.63, 3.8) is 0 Å². The Kier molecular flexibility index (Phi) is 4.87. The molecule has 0 spiro atoms. The molecule has 0 aliphatic heterocycles. The van der Waals surface area contributed by atoms with Gasteiger partial charge in [-0.2, -0.15) is 0 Å². The molecule has 5 nitrogen and oxygen atoms in total. The predicted molar refractivity (Wildman–Crippen MR) is 75.6 cm³/mol. The fourth-order valence-electron chi connectivity index (χ4n) is 1.70. The molecule has 0 fully saturated rings. The van der Waals surface area contributed by atoms with Gasteiger partial charge in [0.05, 0.1) is 22.8 Å². The van der Waals surface area contributed by atoms with Gasteiger partial charge in [0, 0.05) is 13.0 Å². The first-order valence-corrected chi connectivity index (χ1v) is 6.56. The van der Waals surface area contributed by atoms with Gasteiger partial charge in [-0.25, -0.2) is 4.98 Å². The van der Waals surface area contributed by atoms with Gasteiger partial charge in [0.15, 0.2) is 12.1 Å². The molecule has 0 saturated carbocycles. The van der Waals surface area contributed by atoms with E-state index in [1.54, 1.807) is 12.1 Å². The van der Waals surface area contributed by atoms with E-state index >= 15 is 0 Å². The maximum Gasteiger partial charge on any atom is 0.256 e. The number of benzene rings is 1. The maximum absolute atomic E-state index is 12.1. The lowest BCUT2D eigenvalue weighted by molar-refractivity contribution is 0.0951. The number of rotatable bonds is 5. The molecule has 7 heteroatoms. The lowest BCUT2D eigenvalue weighted by Crippen LogP contribution is -2.26. The summed E-state index contributed by atoms with van der Waals surface area (Å²) in [4.78, 5) is 16.1. The molecular weight excluding hydrogens is 303 g/mol. The highest BCUT2D eigenvalue weighted by Gasteiger charge is 2.19. The quantitative estimate of drug-likeness (QED) is 0.921. The number of carbonyl (C=O) groups is 1. The van der Waals surface area contributed by atoms with Crippen LogP contribution >= 0.6 is 23.2 Å². The molecule has 0 radical (unpaired) electrons. The van der Waals surface area contributed by atoms with Gasteiger partial charge in [-0.15, -0.1) is 0 Å². The van der Waals surface area contributed by atoms with Crippen molar-refractivity contribution in [3.05, 3.63) is 46.1 Å². The molecular formula is C13H12Cl2N2O3. The lowest BCUT2D eigenvalue weighted by atomic mass is 10.2. The van der Waals surface area contributed by atoms with Crippen molar-refractivity contribution in [1.82, 2.24) is 10.3 Å². The Bertz CT molecular complexity index is 600. The van der Waals surface area contributed by atoms with E-state index in [0.717, 1.165) is 5.69 Å². The summed E-state index contributed by atoms with van der Waals surface area (Å²) in [6.07, 6.45) is 3.43. The number of methoxy groups -OCH3 is 1. The van der Waals surface area contributed by atoms with Crippen molar-refractivity contribution in [1.29, 1.82) is 0 Å². The van der Waals surface area contributed by atoms with Crippen LogP contribution < -0.4 is 10.1 Å². The summed E-state index contributed by atoms with van der Waals surface area (Å²) in [6, 6.07) is 3.13. The molecule has 0 unspecified atom stereocenters. The molecule has 1 heterocycles. The Morgan fingerprint density at radius 3 is 2.80 bits per heavy atom. The number of nitrogens with zero attached hydrogens (tertiary/aromatic N) is 1. The molecule has 0 bridgehead atoms. The van der Waals surface area contributed by atoms with E-state index in [1.807, 2.05) is 0 Å². The van der Waals surface area contributed by atoms with Crippen LogP contribution in [0.2, 0.25) is 10.0 Å². The summed E-state index contributed by atoms with van der Waals surface area (Å²) >= 11 is 12.0. The van der Waals surface area contributed by atoms with E-state index in [2.05, 4.69) is 10.3 Å². The van der Waals surface area contributed by atoms with Gasteiger partial charge < -0.3 is 14.5 Å². The second-order valence-electron chi connectivity index (χ2n) is 3.92. The molecule has 20 heavy (non-hydrogen) atoms. The van der Waals surface area contributed by atoms with Crippen LogP contribution in [0.25, 0.3) is 0 Å². The van der Waals surface area contributed by atoms with Gasteiger partial charge in [-0.05, 0) is 12.1 Å². The van der Waals surface area contributed by atoms with E-state index in [4.69, 9.17) is 32.4 Å². The minimum Gasteiger partial charge on any atom is -0.494 e. The molecule has 0 aliphatic rings. The molecule has 0 atom stereocenters. The number of hydrogen-bond donors (Lipinski definition) is 1. The number of hydrogen-bond acceptors (Lipinski definition) is 4. The van der Waals surface area contributed by atoms with Crippen molar-refractivity contribution in [2.24, 2.45) is 0 Å². The average Bonchev–Trinajstić information content (AvgIpc) is 2.94. The standard InChI is InChI=1S/C13H12Cl2N2O3/c1-19-12-10(15)3-2-9(14)11(12)13(18)16-5-4-8-6-20-7-17-8/h2-3,6-7H,4-5H2,1H3,(H,16,18). The molecule has 106 valence electrons. The number of aromatic nitrogens is 1. The Hall–Kier alpha value is -1.72. The minimum atomic E-state index is -0.349. The van der Waals surface area contributed by atoms with Crippen LogP contribution in [-0.2, 0) is 6.42 Å². The Labute approximate surface area is 125 Å². The zero-order valence-electron chi connectivity index (χ0n) is 10.7. The summed E-state index contributed by atoms with van der Waals surface area (Å²) < 4.78 is 9.97. The zero-order chi connectivity index (χ0) is 14.5. The molecule has 2 aromatic rings. The number of halogens is 2. The van der Waals surface area contributed by atoms with E-state index in [1.165, 1.54) is 19.8 Å².